The third-order valence-electron chi connectivity index (χ3n) is 7.18. The lowest BCUT2D eigenvalue weighted by Gasteiger charge is -2.52. The van der Waals surface area contributed by atoms with E-state index in [2.05, 4.69) is 15.3 Å². The van der Waals surface area contributed by atoms with E-state index in [0.29, 0.717) is 25.1 Å². The predicted molar refractivity (Wildman–Crippen MR) is 127 cm³/mol. The van der Waals surface area contributed by atoms with Crippen LogP contribution in [0.3, 0.4) is 0 Å². The van der Waals surface area contributed by atoms with Crippen molar-refractivity contribution in [2.45, 2.75) is 44.2 Å². The quantitative estimate of drug-likeness (QED) is 0.569. The smallest absolute Gasteiger partial charge is 0.266 e. The van der Waals surface area contributed by atoms with Crippen molar-refractivity contribution in [3.63, 3.8) is 0 Å². The van der Waals surface area contributed by atoms with Gasteiger partial charge in [-0.25, -0.2) is 23.1 Å². The normalized spacial score (nSPS) is 17.9. The monoisotopic (exact) mass is 501 g/mol. The van der Waals surface area contributed by atoms with Gasteiger partial charge < -0.3 is 15.0 Å². The number of likely N-dealkylation sites (tertiary alicyclic amines) is 1. The molecule has 0 saturated carbocycles. The van der Waals surface area contributed by atoms with Crippen LogP contribution in [0, 0.1) is 5.82 Å². The molecule has 8 nitrogen and oxygen atoms in total. The molecule has 2 saturated heterocycles. The Morgan fingerprint density at radius 3 is 2.64 bits per heavy atom. The van der Waals surface area contributed by atoms with E-state index < -0.39 is 29.4 Å². The van der Waals surface area contributed by atoms with Crippen molar-refractivity contribution in [3.8, 4) is 0 Å². The summed E-state index contributed by atoms with van der Waals surface area (Å²) >= 11 is 0. The largest absolute Gasteiger partial charge is 0.376 e. The minimum atomic E-state index is -2.95. The molecule has 2 aliphatic rings. The Kier molecular flexibility index (Phi) is 6.19. The van der Waals surface area contributed by atoms with E-state index in [4.69, 9.17) is 4.74 Å². The summed E-state index contributed by atoms with van der Waals surface area (Å²) in [6.07, 6.45) is 0.961. The number of ether oxygens (including phenoxy) is 1. The van der Waals surface area contributed by atoms with Crippen LogP contribution in [0.25, 0.3) is 11.0 Å². The zero-order chi connectivity index (χ0) is 25.6. The number of hydrogen-bond donors (Lipinski definition) is 1. The number of fused-ring (bicyclic) bond motifs is 1. The second-order valence-corrected chi connectivity index (χ2v) is 9.43. The predicted octanol–water partition coefficient (Wildman–Crippen LogP) is 3.97. The van der Waals surface area contributed by atoms with Gasteiger partial charge in [0.1, 0.15) is 29.2 Å². The lowest BCUT2D eigenvalue weighted by molar-refractivity contribution is -0.139. The summed E-state index contributed by atoms with van der Waals surface area (Å²) in [5, 5.41) is 3.43. The molecule has 1 N–H and O–H groups in total. The van der Waals surface area contributed by atoms with Crippen LogP contribution in [0.5, 0.6) is 0 Å². The number of pyridine rings is 1. The Balaban J connectivity index is 1.54. The van der Waals surface area contributed by atoms with Gasteiger partial charge in [-0.2, -0.15) is 0 Å². The molecule has 4 heterocycles. The average molecular weight is 502 g/mol. The molecule has 1 spiro atoms. The first-order valence-corrected chi connectivity index (χ1v) is 11.8. The van der Waals surface area contributed by atoms with E-state index in [9.17, 15) is 22.8 Å². The van der Waals surface area contributed by atoms with Crippen molar-refractivity contribution in [3.05, 3.63) is 63.5 Å². The first-order chi connectivity index (χ1) is 17.2. The molecule has 3 aromatic rings. The first-order valence-electron chi connectivity index (χ1n) is 11.8. The number of amides is 1. The molecule has 0 bridgehead atoms. The topological polar surface area (TPSA) is 89.4 Å². The Labute approximate surface area is 205 Å². The highest BCUT2D eigenvalue weighted by Gasteiger charge is 2.48. The molecule has 5 rings (SSSR count). The number of aryl methyl sites for hydroxylation is 1. The van der Waals surface area contributed by atoms with Crippen LogP contribution in [-0.4, -0.2) is 50.6 Å². The molecular weight excluding hydrogens is 475 g/mol. The molecule has 0 radical (unpaired) electrons. The number of rotatable bonds is 5. The van der Waals surface area contributed by atoms with E-state index in [-0.39, 0.29) is 34.0 Å². The van der Waals surface area contributed by atoms with Crippen LogP contribution in [0.15, 0.2) is 35.4 Å². The second kappa shape index (κ2) is 9.20. The Morgan fingerprint density at radius 1 is 1.19 bits per heavy atom. The van der Waals surface area contributed by atoms with Gasteiger partial charge in [-0.3, -0.25) is 14.2 Å². The SMILES string of the molecule is C[C@@H](Nc1ncnc2c1cc(C(=O)N1CCCCC13COC3)c(=O)n2C)c1cccc(C(F)F)c1F. The summed E-state index contributed by atoms with van der Waals surface area (Å²) in [6, 6.07) is 4.56. The molecule has 190 valence electrons. The van der Waals surface area contributed by atoms with E-state index in [0.717, 1.165) is 25.3 Å². The fourth-order valence-corrected chi connectivity index (χ4v) is 5.09. The molecular formula is C25H26F3N5O3. The van der Waals surface area contributed by atoms with Gasteiger partial charge >= 0.3 is 0 Å². The van der Waals surface area contributed by atoms with Gasteiger partial charge in [0.2, 0.25) is 0 Å². The summed E-state index contributed by atoms with van der Waals surface area (Å²) in [5.74, 6) is -1.12. The molecule has 1 amide bonds. The standard InChI is InChI=1S/C25H26F3N5O3/c1-14(15-6-5-7-16(19(15)26)20(27)28)31-21-17-10-18(23(34)32(2)22(17)30-13-29-21)24(35)33-9-4-3-8-25(33)11-36-12-25/h5-7,10,13-14,20H,3-4,8-9,11-12H2,1-2H3,(H,29,30,31)/t14-/m1/s1. The number of piperidine rings is 1. The summed E-state index contributed by atoms with van der Waals surface area (Å²) in [4.78, 5) is 37.0. The average Bonchev–Trinajstić information content (AvgIpc) is 2.85. The summed E-state index contributed by atoms with van der Waals surface area (Å²) < 4.78 is 47.8. The molecule has 0 aliphatic carbocycles. The minimum Gasteiger partial charge on any atom is -0.376 e. The van der Waals surface area contributed by atoms with Crippen LogP contribution < -0.4 is 10.9 Å². The maximum absolute atomic E-state index is 14.7. The van der Waals surface area contributed by atoms with Crippen molar-refractivity contribution in [2.24, 2.45) is 7.05 Å². The highest BCUT2D eigenvalue weighted by molar-refractivity contribution is 5.99. The van der Waals surface area contributed by atoms with Gasteiger partial charge in [0, 0.05) is 19.2 Å². The molecule has 1 atom stereocenters. The lowest BCUT2D eigenvalue weighted by Crippen LogP contribution is -2.66. The number of nitrogens with zero attached hydrogens (tertiary/aromatic N) is 4. The number of carbonyl (C=O) groups excluding carboxylic acids is 1. The van der Waals surface area contributed by atoms with Crippen molar-refractivity contribution in [2.75, 3.05) is 25.1 Å². The van der Waals surface area contributed by atoms with Crippen LogP contribution in [-0.2, 0) is 11.8 Å². The third-order valence-corrected chi connectivity index (χ3v) is 7.18. The van der Waals surface area contributed by atoms with Crippen LogP contribution in [0.4, 0.5) is 19.0 Å². The maximum atomic E-state index is 14.7. The van der Waals surface area contributed by atoms with Crippen molar-refractivity contribution >= 4 is 22.8 Å². The number of halogens is 3. The van der Waals surface area contributed by atoms with Gasteiger partial charge in [-0.1, -0.05) is 18.2 Å². The van der Waals surface area contributed by atoms with Gasteiger partial charge in [0.15, 0.2) is 0 Å². The highest BCUT2D eigenvalue weighted by atomic mass is 19.3. The van der Waals surface area contributed by atoms with E-state index in [1.807, 2.05) is 0 Å². The second-order valence-electron chi connectivity index (χ2n) is 9.43. The minimum absolute atomic E-state index is 0.0189. The van der Waals surface area contributed by atoms with Crippen LogP contribution in [0.1, 0.15) is 60.1 Å². The number of aromatic nitrogens is 3. The van der Waals surface area contributed by atoms with Crippen molar-refractivity contribution in [1.29, 1.82) is 0 Å². The number of carbonyl (C=O) groups is 1. The molecule has 0 unspecified atom stereocenters. The van der Waals surface area contributed by atoms with Crippen molar-refractivity contribution < 1.29 is 22.7 Å². The Morgan fingerprint density at radius 2 is 1.94 bits per heavy atom. The van der Waals surface area contributed by atoms with E-state index in [1.54, 1.807) is 11.8 Å². The fourth-order valence-electron chi connectivity index (χ4n) is 5.09. The summed E-state index contributed by atoms with van der Waals surface area (Å²) in [7, 11) is 1.52. The number of anilines is 1. The van der Waals surface area contributed by atoms with Gasteiger partial charge in [0.05, 0.1) is 35.7 Å². The van der Waals surface area contributed by atoms with Crippen molar-refractivity contribution in [1.82, 2.24) is 19.4 Å². The number of nitrogens with one attached hydrogen (secondary N) is 1. The van der Waals surface area contributed by atoms with Gasteiger partial charge in [0.25, 0.3) is 17.9 Å². The molecule has 1 aromatic carbocycles. The molecule has 2 fully saturated rings. The van der Waals surface area contributed by atoms with Crippen LogP contribution >= 0.6 is 0 Å². The highest BCUT2D eigenvalue weighted by Crippen LogP contribution is 2.36. The Bertz CT molecular complexity index is 1390. The fraction of sp³-hybridized carbons (Fsp3) is 0.440. The molecule has 2 aliphatic heterocycles. The third kappa shape index (κ3) is 3.91. The zero-order valence-corrected chi connectivity index (χ0v) is 19.9. The number of benzene rings is 1. The summed E-state index contributed by atoms with van der Waals surface area (Å²) in [5.41, 5.74) is -1.24. The number of hydrogen-bond acceptors (Lipinski definition) is 6. The van der Waals surface area contributed by atoms with E-state index in [1.165, 1.54) is 36.1 Å². The maximum Gasteiger partial charge on any atom is 0.266 e. The van der Waals surface area contributed by atoms with Gasteiger partial charge in [-0.15, -0.1) is 0 Å². The van der Waals surface area contributed by atoms with E-state index >= 15 is 0 Å². The zero-order valence-electron chi connectivity index (χ0n) is 19.9. The molecule has 2 aromatic heterocycles. The van der Waals surface area contributed by atoms with Gasteiger partial charge in [-0.05, 0) is 32.3 Å². The summed E-state index contributed by atoms with van der Waals surface area (Å²) in [6.45, 7) is 3.05. The lowest BCUT2D eigenvalue weighted by atomic mass is 9.84. The molecule has 36 heavy (non-hydrogen) atoms. The number of alkyl halides is 2. The first kappa shape index (κ1) is 24.2. The molecule has 11 heteroatoms. The Hall–Kier alpha value is -3.47. The van der Waals surface area contributed by atoms with Crippen LogP contribution in [0.2, 0.25) is 0 Å².